The van der Waals surface area contributed by atoms with Crippen LogP contribution in [0.1, 0.15) is 45.1 Å². The summed E-state index contributed by atoms with van der Waals surface area (Å²) in [6.45, 7) is 8.88. The van der Waals surface area contributed by atoms with E-state index >= 15 is 0 Å². The summed E-state index contributed by atoms with van der Waals surface area (Å²) < 4.78 is 0. The summed E-state index contributed by atoms with van der Waals surface area (Å²) in [5, 5.41) is 3.08. The van der Waals surface area contributed by atoms with E-state index in [-0.39, 0.29) is 17.7 Å². The number of hydrogen-bond acceptors (Lipinski definition) is 3. The molecule has 3 rings (SSSR count). The molecule has 2 atom stereocenters. The van der Waals surface area contributed by atoms with Crippen LogP contribution < -0.4 is 10.2 Å². The first-order valence-corrected chi connectivity index (χ1v) is 10.5. The Hall–Kier alpha value is -1.88. The van der Waals surface area contributed by atoms with Gasteiger partial charge in [-0.25, -0.2) is 0 Å². The number of nitrogens with zero attached hydrogens (tertiary/aromatic N) is 2. The molecule has 2 unspecified atom stereocenters. The molecule has 0 saturated carbocycles. The van der Waals surface area contributed by atoms with E-state index in [1.54, 1.807) is 4.90 Å². The number of carbonyl (C=O) groups is 2. The number of nitrogens with one attached hydrogen (secondary N) is 1. The minimum absolute atomic E-state index is 0.0153. The average molecular weight is 372 g/mol. The van der Waals surface area contributed by atoms with Crippen molar-refractivity contribution in [1.82, 2.24) is 10.2 Å². The van der Waals surface area contributed by atoms with Gasteiger partial charge in [-0.15, -0.1) is 0 Å². The number of rotatable bonds is 7. The molecule has 27 heavy (non-hydrogen) atoms. The number of anilines is 1. The first-order chi connectivity index (χ1) is 13.1. The Morgan fingerprint density at radius 1 is 1.19 bits per heavy atom. The van der Waals surface area contributed by atoms with Crippen LogP contribution in [-0.4, -0.2) is 49.4 Å². The van der Waals surface area contributed by atoms with Crippen LogP contribution >= 0.6 is 0 Å². The number of hydrogen-bond donors (Lipinski definition) is 1. The molecular formula is C22H33N3O2. The molecule has 2 heterocycles. The molecule has 2 fully saturated rings. The third-order valence-corrected chi connectivity index (χ3v) is 5.80. The van der Waals surface area contributed by atoms with E-state index in [0.29, 0.717) is 25.4 Å². The highest BCUT2D eigenvalue weighted by Crippen LogP contribution is 2.25. The van der Waals surface area contributed by atoms with E-state index in [0.717, 1.165) is 18.7 Å². The van der Waals surface area contributed by atoms with Crippen LogP contribution in [0.25, 0.3) is 0 Å². The largest absolute Gasteiger partial charge is 0.355 e. The van der Waals surface area contributed by atoms with Gasteiger partial charge < -0.3 is 15.1 Å². The van der Waals surface area contributed by atoms with Gasteiger partial charge >= 0.3 is 0 Å². The van der Waals surface area contributed by atoms with Gasteiger partial charge in [0.05, 0.1) is 5.92 Å². The molecule has 0 aliphatic carbocycles. The summed E-state index contributed by atoms with van der Waals surface area (Å²) in [6, 6.07) is 8.08. The van der Waals surface area contributed by atoms with Crippen LogP contribution in [0, 0.1) is 11.8 Å². The first kappa shape index (κ1) is 19.9. The number of piperidine rings is 1. The summed E-state index contributed by atoms with van der Waals surface area (Å²) in [7, 11) is 0. The summed E-state index contributed by atoms with van der Waals surface area (Å²) in [4.78, 5) is 29.2. The van der Waals surface area contributed by atoms with Gasteiger partial charge in [-0.3, -0.25) is 9.59 Å². The van der Waals surface area contributed by atoms with E-state index in [4.69, 9.17) is 0 Å². The minimum atomic E-state index is -0.245. The fourth-order valence-corrected chi connectivity index (χ4v) is 4.11. The number of carbonyl (C=O) groups excluding carboxylic acids is 2. The lowest BCUT2D eigenvalue weighted by Gasteiger charge is -2.29. The smallest absolute Gasteiger partial charge is 0.227 e. The predicted molar refractivity (Wildman–Crippen MR) is 109 cm³/mol. The van der Waals surface area contributed by atoms with Crippen molar-refractivity contribution < 1.29 is 9.59 Å². The van der Waals surface area contributed by atoms with Gasteiger partial charge in [-0.05, 0) is 56.0 Å². The third-order valence-electron chi connectivity index (χ3n) is 5.80. The lowest BCUT2D eigenvalue weighted by Crippen LogP contribution is -2.40. The lowest BCUT2D eigenvalue weighted by molar-refractivity contribution is -0.126. The van der Waals surface area contributed by atoms with Gasteiger partial charge in [-0.1, -0.05) is 32.4 Å². The van der Waals surface area contributed by atoms with Gasteiger partial charge in [0.25, 0.3) is 0 Å². The van der Waals surface area contributed by atoms with Crippen molar-refractivity contribution in [3.63, 3.8) is 0 Å². The van der Waals surface area contributed by atoms with Crippen molar-refractivity contribution in [2.75, 3.05) is 37.6 Å². The van der Waals surface area contributed by atoms with Crippen molar-refractivity contribution in [1.29, 1.82) is 0 Å². The molecule has 0 bridgehead atoms. The van der Waals surface area contributed by atoms with Crippen LogP contribution in [0.15, 0.2) is 24.3 Å². The monoisotopic (exact) mass is 371 g/mol. The maximum atomic E-state index is 12.6. The van der Waals surface area contributed by atoms with Gasteiger partial charge in [0, 0.05) is 31.7 Å². The average Bonchev–Trinajstić information content (AvgIpc) is 3.09. The Kier molecular flexibility index (Phi) is 6.89. The van der Waals surface area contributed by atoms with Crippen LogP contribution in [-0.2, 0) is 16.0 Å². The highest BCUT2D eigenvalue weighted by atomic mass is 16.2. The van der Waals surface area contributed by atoms with E-state index in [1.165, 1.54) is 37.9 Å². The highest BCUT2D eigenvalue weighted by Gasteiger charge is 2.35. The van der Waals surface area contributed by atoms with Crippen LogP contribution in [0.5, 0.6) is 0 Å². The molecule has 148 valence electrons. The molecule has 2 saturated heterocycles. The highest BCUT2D eigenvalue weighted by molar-refractivity contribution is 6.00. The van der Waals surface area contributed by atoms with Crippen LogP contribution in [0.4, 0.5) is 5.69 Å². The standard InChI is InChI=1S/C22H33N3O2/c1-3-18-7-9-20(10-8-18)25-16-19(13-21(25)26)22(27)23-14-17(2)15-24-11-5-4-6-12-24/h7-10,17,19H,3-6,11-16H2,1-2H3,(H,23,27). The van der Waals surface area contributed by atoms with E-state index < -0.39 is 0 Å². The van der Waals surface area contributed by atoms with E-state index in [2.05, 4.69) is 36.2 Å². The van der Waals surface area contributed by atoms with Crippen molar-refractivity contribution >= 4 is 17.5 Å². The van der Waals surface area contributed by atoms with Crippen LogP contribution in [0.3, 0.4) is 0 Å². The normalized spacial score (nSPS) is 22.1. The maximum Gasteiger partial charge on any atom is 0.227 e. The summed E-state index contributed by atoms with van der Waals surface area (Å²) in [6.07, 6.45) is 5.21. The number of benzene rings is 1. The van der Waals surface area contributed by atoms with E-state index in [9.17, 15) is 9.59 Å². The predicted octanol–water partition coefficient (Wildman–Crippen LogP) is 2.84. The fraction of sp³-hybridized carbons (Fsp3) is 0.636. The molecule has 5 nitrogen and oxygen atoms in total. The topological polar surface area (TPSA) is 52.7 Å². The molecule has 5 heteroatoms. The molecule has 2 amide bonds. The molecular weight excluding hydrogens is 338 g/mol. The SMILES string of the molecule is CCc1ccc(N2CC(C(=O)NCC(C)CN3CCCCC3)CC2=O)cc1. The molecule has 0 aromatic heterocycles. The molecule has 1 aromatic carbocycles. The van der Waals surface area contributed by atoms with E-state index in [1.807, 2.05) is 12.1 Å². The zero-order valence-corrected chi connectivity index (χ0v) is 16.7. The number of likely N-dealkylation sites (tertiary alicyclic amines) is 1. The second kappa shape index (κ2) is 9.36. The van der Waals surface area contributed by atoms with Crippen molar-refractivity contribution in [2.24, 2.45) is 11.8 Å². The molecule has 2 aliphatic heterocycles. The summed E-state index contributed by atoms with van der Waals surface area (Å²) in [5.41, 5.74) is 2.15. The Morgan fingerprint density at radius 3 is 2.56 bits per heavy atom. The molecule has 0 radical (unpaired) electrons. The Bertz CT molecular complexity index is 637. The van der Waals surface area contributed by atoms with Crippen molar-refractivity contribution in [3.8, 4) is 0 Å². The molecule has 1 aromatic rings. The van der Waals surface area contributed by atoms with Gasteiger partial charge in [0.2, 0.25) is 11.8 Å². The zero-order valence-electron chi connectivity index (χ0n) is 16.7. The van der Waals surface area contributed by atoms with Gasteiger partial charge in [0.1, 0.15) is 0 Å². The lowest BCUT2D eigenvalue weighted by atomic mass is 10.1. The second-order valence-electron chi connectivity index (χ2n) is 8.14. The molecule has 0 spiro atoms. The van der Waals surface area contributed by atoms with Gasteiger partial charge in [0.15, 0.2) is 0 Å². The van der Waals surface area contributed by atoms with Crippen LogP contribution in [0.2, 0.25) is 0 Å². The Balaban J connectivity index is 1.46. The summed E-state index contributed by atoms with van der Waals surface area (Å²) >= 11 is 0. The first-order valence-electron chi connectivity index (χ1n) is 10.5. The van der Waals surface area contributed by atoms with Crippen molar-refractivity contribution in [3.05, 3.63) is 29.8 Å². The number of amides is 2. The second-order valence-corrected chi connectivity index (χ2v) is 8.14. The minimum Gasteiger partial charge on any atom is -0.355 e. The maximum absolute atomic E-state index is 12.6. The fourth-order valence-electron chi connectivity index (χ4n) is 4.11. The number of aryl methyl sites for hydroxylation is 1. The Labute approximate surface area is 163 Å². The quantitative estimate of drug-likeness (QED) is 0.802. The van der Waals surface area contributed by atoms with Crippen molar-refractivity contribution in [2.45, 2.75) is 46.0 Å². The summed E-state index contributed by atoms with van der Waals surface area (Å²) in [5.74, 6) is 0.245. The van der Waals surface area contributed by atoms with Gasteiger partial charge in [-0.2, -0.15) is 0 Å². The third kappa shape index (κ3) is 5.32. The molecule has 2 aliphatic rings. The Morgan fingerprint density at radius 2 is 1.89 bits per heavy atom. The zero-order chi connectivity index (χ0) is 19.2. The molecule has 1 N–H and O–H groups in total.